The Morgan fingerprint density at radius 3 is 2.63 bits per heavy atom. The summed E-state index contributed by atoms with van der Waals surface area (Å²) < 4.78 is 4.83. The van der Waals surface area contributed by atoms with Crippen LogP contribution < -0.4 is 0 Å². The normalized spacial score (nSPS) is 16.2. The average Bonchev–Trinajstić information content (AvgIpc) is 3.08. The molecule has 1 aliphatic rings. The van der Waals surface area contributed by atoms with Crippen LogP contribution in [-0.4, -0.2) is 30.6 Å². The Morgan fingerprint density at radius 1 is 1.37 bits per heavy atom. The summed E-state index contributed by atoms with van der Waals surface area (Å²) in [7, 11) is 1.47. The van der Waals surface area contributed by atoms with E-state index in [0.29, 0.717) is 12.6 Å². The minimum Gasteiger partial charge on any atom is -0.468 e. The zero-order valence-corrected chi connectivity index (χ0v) is 12.7. The molecule has 4 heteroatoms. The number of rotatable bonds is 6. The molecule has 1 fully saturated rings. The maximum atomic E-state index is 11.6. The first kappa shape index (κ1) is 14.5. The van der Waals surface area contributed by atoms with Crippen LogP contribution in [0.5, 0.6) is 0 Å². The number of thiophene rings is 1. The number of carbonyl (C=O) groups excluding carboxylic acids is 1. The fraction of sp³-hybridized carbons (Fsp3) is 0.667. The molecular weight excluding hydrogens is 258 g/mol. The summed E-state index contributed by atoms with van der Waals surface area (Å²) in [6.45, 7) is 3.48. The van der Waals surface area contributed by atoms with Crippen LogP contribution in [0, 0.1) is 0 Å². The van der Waals surface area contributed by atoms with E-state index in [2.05, 4.69) is 24.0 Å². The smallest absolute Gasteiger partial charge is 0.319 e. The Morgan fingerprint density at radius 2 is 2.05 bits per heavy atom. The molecule has 0 amide bonds. The van der Waals surface area contributed by atoms with E-state index in [1.165, 1.54) is 42.5 Å². The van der Waals surface area contributed by atoms with Crippen molar-refractivity contribution < 1.29 is 9.53 Å². The van der Waals surface area contributed by atoms with Gasteiger partial charge >= 0.3 is 5.97 Å². The third-order valence-corrected chi connectivity index (χ3v) is 5.04. The van der Waals surface area contributed by atoms with Crippen LogP contribution in [0.2, 0.25) is 0 Å². The van der Waals surface area contributed by atoms with Crippen LogP contribution >= 0.6 is 11.3 Å². The van der Waals surface area contributed by atoms with E-state index >= 15 is 0 Å². The minimum absolute atomic E-state index is 0.126. The molecule has 2 rings (SSSR count). The van der Waals surface area contributed by atoms with E-state index in [1.54, 1.807) is 0 Å². The highest BCUT2D eigenvalue weighted by molar-refractivity contribution is 7.11. The molecule has 1 aromatic heterocycles. The van der Waals surface area contributed by atoms with Gasteiger partial charge in [0, 0.05) is 22.3 Å². The predicted octanol–water partition coefficient (Wildman–Crippen LogP) is 3.23. The van der Waals surface area contributed by atoms with Gasteiger partial charge in [-0.2, -0.15) is 0 Å². The molecule has 0 radical (unpaired) electrons. The molecule has 1 saturated carbocycles. The Balaban J connectivity index is 2.01. The maximum absolute atomic E-state index is 11.6. The van der Waals surface area contributed by atoms with Crippen molar-refractivity contribution in [1.29, 1.82) is 0 Å². The van der Waals surface area contributed by atoms with Crippen molar-refractivity contribution in [3.8, 4) is 0 Å². The Bertz CT molecular complexity index is 410. The number of esters is 1. The number of ether oxygens (including phenoxy) is 1. The molecule has 0 aromatic carbocycles. The fourth-order valence-corrected chi connectivity index (χ4v) is 3.70. The first-order valence-corrected chi connectivity index (χ1v) is 7.93. The number of nitrogens with zero attached hydrogens (tertiary/aromatic N) is 1. The van der Waals surface area contributed by atoms with Gasteiger partial charge in [-0.25, -0.2) is 0 Å². The quantitative estimate of drug-likeness (QED) is 0.750. The van der Waals surface area contributed by atoms with Gasteiger partial charge < -0.3 is 4.74 Å². The van der Waals surface area contributed by atoms with Gasteiger partial charge in [-0.1, -0.05) is 19.8 Å². The maximum Gasteiger partial charge on any atom is 0.319 e. The van der Waals surface area contributed by atoms with Gasteiger partial charge in [0.1, 0.15) is 0 Å². The summed E-state index contributed by atoms with van der Waals surface area (Å²) >= 11 is 1.86. The summed E-state index contributed by atoms with van der Waals surface area (Å²) in [4.78, 5) is 16.6. The number of hydrogen-bond acceptors (Lipinski definition) is 4. The summed E-state index contributed by atoms with van der Waals surface area (Å²) in [5.41, 5.74) is 0. The molecule has 3 nitrogen and oxygen atoms in total. The Hall–Kier alpha value is -0.870. The highest BCUT2D eigenvalue weighted by Crippen LogP contribution is 2.26. The first-order chi connectivity index (χ1) is 9.22. The summed E-state index contributed by atoms with van der Waals surface area (Å²) in [5.74, 6) is -0.126. The van der Waals surface area contributed by atoms with E-state index in [1.807, 2.05) is 11.3 Å². The molecule has 0 saturated heterocycles. The molecule has 0 aliphatic heterocycles. The van der Waals surface area contributed by atoms with Crippen molar-refractivity contribution >= 4 is 17.3 Å². The van der Waals surface area contributed by atoms with E-state index in [-0.39, 0.29) is 5.97 Å². The van der Waals surface area contributed by atoms with Crippen molar-refractivity contribution in [2.24, 2.45) is 0 Å². The topological polar surface area (TPSA) is 29.5 Å². The number of hydrogen-bond donors (Lipinski definition) is 0. The summed E-state index contributed by atoms with van der Waals surface area (Å²) in [6, 6.07) is 4.94. The van der Waals surface area contributed by atoms with E-state index in [4.69, 9.17) is 4.74 Å². The molecule has 0 N–H and O–H groups in total. The van der Waals surface area contributed by atoms with Crippen LogP contribution in [0.4, 0.5) is 0 Å². The first-order valence-electron chi connectivity index (χ1n) is 7.11. The van der Waals surface area contributed by atoms with Gasteiger partial charge in [0.25, 0.3) is 0 Å². The molecule has 1 aliphatic carbocycles. The van der Waals surface area contributed by atoms with Gasteiger partial charge in [-0.15, -0.1) is 11.3 Å². The summed E-state index contributed by atoms with van der Waals surface area (Å²) in [5, 5.41) is 0. The van der Waals surface area contributed by atoms with E-state index < -0.39 is 0 Å². The van der Waals surface area contributed by atoms with Crippen LogP contribution in [0.15, 0.2) is 12.1 Å². The predicted molar refractivity (Wildman–Crippen MR) is 78.4 cm³/mol. The second-order valence-electron chi connectivity index (χ2n) is 5.14. The number of methoxy groups -OCH3 is 1. The average molecular weight is 281 g/mol. The van der Waals surface area contributed by atoms with E-state index in [0.717, 1.165) is 13.0 Å². The zero-order chi connectivity index (χ0) is 13.7. The lowest BCUT2D eigenvalue weighted by Gasteiger charge is -2.27. The SMILES string of the molecule is CCc1ccc(CN(CC(=O)OC)C2CCCC2)s1. The standard InChI is InChI=1S/C15H23NO2S/c1-3-13-8-9-14(19-13)10-16(11-15(17)18-2)12-6-4-5-7-12/h8-9,12H,3-7,10-11H2,1-2H3. The third kappa shape index (κ3) is 4.05. The van der Waals surface area contributed by atoms with Gasteiger partial charge in [0.05, 0.1) is 13.7 Å². The van der Waals surface area contributed by atoms with Crippen molar-refractivity contribution in [1.82, 2.24) is 4.90 Å². The third-order valence-electron chi connectivity index (χ3n) is 3.83. The lowest BCUT2D eigenvalue weighted by atomic mass is 10.2. The van der Waals surface area contributed by atoms with Crippen molar-refractivity contribution in [3.05, 3.63) is 21.9 Å². The van der Waals surface area contributed by atoms with Crippen molar-refractivity contribution in [2.75, 3.05) is 13.7 Å². The fourth-order valence-electron chi connectivity index (χ4n) is 2.71. The zero-order valence-electron chi connectivity index (χ0n) is 11.9. The van der Waals surface area contributed by atoms with Gasteiger partial charge in [0.15, 0.2) is 0 Å². The Labute approximate surface area is 119 Å². The molecule has 1 aromatic rings. The lowest BCUT2D eigenvalue weighted by Crippen LogP contribution is -2.37. The minimum atomic E-state index is -0.126. The molecule has 1 heterocycles. The molecule has 0 atom stereocenters. The van der Waals surface area contributed by atoms with Gasteiger partial charge in [-0.05, 0) is 31.4 Å². The van der Waals surface area contributed by atoms with Crippen molar-refractivity contribution in [2.45, 2.75) is 51.6 Å². The highest BCUT2D eigenvalue weighted by atomic mass is 32.1. The number of aryl methyl sites for hydroxylation is 1. The second-order valence-corrected chi connectivity index (χ2v) is 6.39. The summed E-state index contributed by atoms with van der Waals surface area (Å²) in [6.07, 6.45) is 6.08. The molecule has 0 bridgehead atoms. The largest absolute Gasteiger partial charge is 0.468 e. The number of carbonyl (C=O) groups is 1. The molecule has 0 unspecified atom stereocenters. The lowest BCUT2D eigenvalue weighted by molar-refractivity contribution is -0.142. The Kier molecular flexibility index (Phi) is 5.40. The molecule has 106 valence electrons. The van der Waals surface area contributed by atoms with Crippen LogP contribution in [0.3, 0.4) is 0 Å². The van der Waals surface area contributed by atoms with Crippen molar-refractivity contribution in [3.63, 3.8) is 0 Å². The monoisotopic (exact) mass is 281 g/mol. The van der Waals surface area contributed by atoms with E-state index in [9.17, 15) is 4.79 Å². The van der Waals surface area contributed by atoms with Crippen LogP contribution in [0.1, 0.15) is 42.4 Å². The van der Waals surface area contributed by atoms with Gasteiger partial charge in [0.2, 0.25) is 0 Å². The van der Waals surface area contributed by atoms with Gasteiger partial charge in [-0.3, -0.25) is 9.69 Å². The highest BCUT2D eigenvalue weighted by Gasteiger charge is 2.25. The molecular formula is C15H23NO2S. The molecule has 19 heavy (non-hydrogen) atoms. The van der Waals surface area contributed by atoms with Crippen LogP contribution in [-0.2, 0) is 22.5 Å². The van der Waals surface area contributed by atoms with Crippen LogP contribution in [0.25, 0.3) is 0 Å². The molecule has 0 spiro atoms. The second kappa shape index (κ2) is 7.06.